The number of piperidine rings is 1. The number of halogens is 1. The molecular formula is C15H23ClN2OS. The maximum atomic E-state index is 11.8. The van der Waals surface area contributed by atoms with E-state index in [0.29, 0.717) is 11.7 Å². The number of hydrogen-bond acceptors (Lipinski definition) is 3. The fourth-order valence-electron chi connectivity index (χ4n) is 2.19. The molecular weight excluding hydrogens is 292 g/mol. The minimum absolute atomic E-state index is 0. The monoisotopic (exact) mass is 314 g/mol. The third-order valence-corrected chi connectivity index (χ3v) is 4.39. The third kappa shape index (κ3) is 6.16. The second kappa shape index (κ2) is 9.27. The highest BCUT2D eigenvalue weighted by Gasteiger charge is 2.13. The van der Waals surface area contributed by atoms with Crippen LogP contribution in [-0.2, 0) is 4.79 Å². The highest BCUT2D eigenvalue weighted by atomic mass is 35.5. The average molecular weight is 315 g/mol. The van der Waals surface area contributed by atoms with E-state index in [1.807, 2.05) is 0 Å². The summed E-state index contributed by atoms with van der Waals surface area (Å²) in [5, 5.41) is 6.40. The van der Waals surface area contributed by atoms with Crippen LogP contribution in [-0.4, -0.2) is 31.3 Å². The molecule has 1 heterocycles. The van der Waals surface area contributed by atoms with Crippen LogP contribution in [0.3, 0.4) is 0 Å². The van der Waals surface area contributed by atoms with Crippen LogP contribution >= 0.6 is 24.2 Å². The van der Waals surface area contributed by atoms with E-state index in [1.54, 1.807) is 11.8 Å². The Labute approximate surface area is 131 Å². The summed E-state index contributed by atoms with van der Waals surface area (Å²) in [6.45, 7) is 5.03. The van der Waals surface area contributed by atoms with Gasteiger partial charge in [0.1, 0.15) is 0 Å². The molecule has 1 atom stereocenters. The molecule has 112 valence electrons. The van der Waals surface area contributed by atoms with Crippen molar-refractivity contribution in [3.05, 3.63) is 29.8 Å². The van der Waals surface area contributed by atoms with Crippen molar-refractivity contribution in [2.75, 3.05) is 25.4 Å². The molecule has 0 aliphatic carbocycles. The number of hydrogen-bond donors (Lipinski definition) is 2. The first-order valence-electron chi connectivity index (χ1n) is 6.91. The zero-order valence-electron chi connectivity index (χ0n) is 11.9. The SMILES string of the molecule is Cc1ccc(SCC(=O)NCC2CCCNC2)cc1.Cl. The first-order valence-corrected chi connectivity index (χ1v) is 7.89. The van der Waals surface area contributed by atoms with Gasteiger partial charge < -0.3 is 10.6 Å². The lowest BCUT2D eigenvalue weighted by Crippen LogP contribution is -2.38. The number of rotatable bonds is 5. The molecule has 1 fully saturated rings. The zero-order valence-corrected chi connectivity index (χ0v) is 13.5. The Morgan fingerprint density at radius 1 is 1.40 bits per heavy atom. The molecule has 1 aliphatic heterocycles. The highest BCUT2D eigenvalue weighted by Crippen LogP contribution is 2.17. The lowest BCUT2D eigenvalue weighted by Gasteiger charge is -2.22. The van der Waals surface area contributed by atoms with Crippen molar-refractivity contribution < 1.29 is 4.79 Å². The highest BCUT2D eigenvalue weighted by molar-refractivity contribution is 8.00. The Bertz CT molecular complexity index is 405. The van der Waals surface area contributed by atoms with E-state index >= 15 is 0 Å². The summed E-state index contributed by atoms with van der Waals surface area (Å²) in [4.78, 5) is 12.9. The summed E-state index contributed by atoms with van der Waals surface area (Å²) in [7, 11) is 0. The molecule has 1 aliphatic rings. The van der Waals surface area contributed by atoms with Gasteiger partial charge in [0.2, 0.25) is 5.91 Å². The fraction of sp³-hybridized carbons (Fsp3) is 0.533. The van der Waals surface area contributed by atoms with Crippen LogP contribution in [0.2, 0.25) is 0 Å². The number of aryl methyl sites for hydroxylation is 1. The number of carbonyl (C=O) groups excluding carboxylic acids is 1. The van der Waals surface area contributed by atoms with Crippen molar-refractivity contribution >= 4 is 30.1 Å². The van der Waals surface area contributed by atoms with E-state index in [2.05, 4.69) is 41.8 Å². The third-order valence-electron chi connectivity index (χ3n) is 3.38. The normalized spacial score (nSPS) is 18.1. The minimum atomic E-state index is 0. The maximum absolute atomic E-state index is 11.8. The predicted octanol–water partition coefficient (Wildman–Crippen LogP) is 2.62. The maximum Gasteiger partial charge on any atom is 0.230 e. The van der Waals surface area contributed by atoms with Crippen LogP contribution in [0.4, 0.5) is 0 Å². The van der Waals surface area contributed by atoms with Gasteiger partial charge in [-0.2, -0.15) is 0 Å². The van der Waals surface area contributed by atoms with E-state index in [1.165, 1.54) is 18.4 Å². The first-order chi connectivity index (χ1) is 9.24. The van der Waals surface area contributed by atoms with Crippen molar-refractivity contribution in [1.29, 1.82) is 0 Å². The molecule has 1 aromatic rings. The van der Waals surface area contributed by atoms with E-state index in [9.17, 15) is 4.79 Å². The van der Waals surface area contributed by atoms with E-state index in [0.717, 1.165) is 24.5 Å². The molecule has 0 bridgehead atoms. The van der Waals surface area contributed by atoms with Gasteiger partial charge in [-0.05, 0) is 50.9 Å². The van der Waals surface area contributed by atoms with Gasteiger partial charge in [0.05, 0.1) is 5.75 Å². The summed E-state index contributed by atoms with van der Waals surface area (Å²) in [5.41, 5.74) is 1.25. The summed E-state index contributed by atoms with van der Waals surface area (Å²) >= 11 is 1.60. The Morgan fingerprint density at radius 3 is 2.80 bits per heavy atom. The molecule has 0 aromatic heterocycles. The van der Waals surface area contributed by atoms with Gasteiger partial charge in [-0.15, -0.1) is 24.2 Å². The fourth-order valence-corrected chi connectivity index (χ4v) is 2.92. The lowest BCUT2D eigenvalue weighted by molar-refractivity contribution is -0.118. The molecule has 3 nitrogen and oxygen atoms in total. The first kappa shape index (κ1) is 17.3. The van der Waals surface area contributed by atoms with Crippen LogP contribution in [0.1, 0.15) is 18.4 Å². The molecule has 0 spiro atoms. The van der Waals surface area contributed by atoms with Crippen molar-refractivity contribution in [3.8, 4) is 0 Å². The van der Waals surface area contributed by atoms with E-state index < -0.39 is 0 Å². The summed E-state index contributed by atoms with van der Waals surface area (Å²) in [6.07, 6.45) is 2.44. The van der Waals surface area contributed by atoms with Crippen LogP contribution in [0.5, 0.6) is 0 Å². The molecule has 1 unspecified atom stereocenters. The van der Waals surface area contributed by atoms with Gasteiger partial charge in [0, 0.05) is 11.4 Å². The summed E-state index contributed by atoms with van der Waals surface area (Å²) < 4.78 is 0. The number of nitrogens with one attached hydrogen (secondary N) is 2. The zero-order chi connectivity index (χ0) is 13.5. The van der Waals surface area contributed by atoms with Gasteiger partial charge >= 0.3 is 0 Å². The molecule has 0 radical (unpaired) electrons. The average Bonchev–Trinajstić information content (AvgIpc) is 2.45. The van der Waals surface area contributed by atoms with Gasteiger partial charge in [0.15, 0.2) is 0 Å². The van der Waals surface area contributed by atoms with Crippen LogP contribution in [0.15, 0.2) is 29.2 Å². The predicted molar refractivity (Wildman–Crippen MR) is 87.8 cm³/mol. The smallest absolute Gasteiger partial charge is 0.230 e. The van der Waals surface area contributed by atoms with Crippen LogP contribution < -0.4 is 10.6 Å². The Balaban J connectivity index is 0.00000200. The topological polar surface area (TPSA) is 41.1 Å². The van der Waals surface area contributed by atoms with Crippen molar-refractivity contribution in [2.45, 2.75) is 24.7 Å². The number of carbonyl (C=O) groups is 1. The van der Waals surface area contributed by atoms with Gasteiger partial charge in [-0.25, -0.2) is 0 Å². The molecule has 1 saturated heterocycles. The molecule has 1 aromatic carbocycles. The molecule has 2 rings (SSSR count). The van der Waals surface area contributed by atoms with E-state index in [-0.39, 0.29) is 18.3 Å². The van der Waals surface area contributed by atoms with Crippen LogP contribution in [0.25, 0.3) is 0 Å². The Morgan fingerprint density at radius 2 is 2.15 bits per heavy atom. The number of benzene rings is 1. The van der Waals surface area contributed by atoms with Gasteiger partial charge in [-0.3, -0.25) is 4.79 Å². The summed E-state index contributed by atoms with van der Waals surface area (Å²) in [5.74, 6) is 1.24. The van der Waals surface area contributed by atoms with Gasteiger partial charge in [-0.1, -0.05) is 17.7 Å². The van der Waals surface area contributed by atoms with E-state index in [4.69, 9.17) is 0 Å². The Hall–Kier alpha value is -0.710. The van der Waals surface area contributed by atoms with Crippen molar-refractivity contribution in [1.82, 2.24) is 10.6 Å². The van der Waals surface area contributed by atoms with Crippen molar-refractivity contribution in [2.24, 2.45) is 5.92 Å². The largest absolute Gasteiger partial charge is 0.355 e. The molecule has 20 heavy (non-hydrogen) atoms. The number of amides is 1. The van der Waals surface area contributed by atoms with Gasteiger partial charge in [0.25, 0.3) is 0 Å². The second-order valence-corrected chi connectivity index (χ2v) is 6.17. The molecule has 1 amide bonds. The quantitative estimate of drug-likeness (QED) is 0.821. The Kier molecular flexibility index (Phi) is 8.04. The molecule has 2 N–H and O–H groups in total. The standard InChI is InChI=1S/C15H22N2OS.ClH/c1-12-4-6-14(7-5-12)19-11-15(18)17-10-13-3-2-8-16-9-13;/h4-7,13,16H,2-3,8-11H2,1H3,(H,17,18);1H. The lowest BCUT2D eigenvalue weighted by atomic mass is 10.00. The molecule has 5 heteroatoms. The minimum Gasteiger partial charge on any atom is -0.355 e. The summed E-state index contributed by atoms with van der Waals surface area (Å²) in [6, 6.07) is 8.29. The van der Waals surface area contributed by atoms with Crippen molar-refractivity contribution in [3.63, 3.8) is 0 Å². The van der Waals surface area contributed by atoms with Crippen LogP contribution in [0, 0.1) is 12.8 Å². The molecule has 0 saturated carbocycles. The number of thioether (sulfide) groups is 1. The second-order valence-electron chi connectivity index (χ2n) is 5.12.